The zero-order valence-electron chi connectivity index (χ0n) is 11.8. The summed E-state index contributed by atoms with van der Waals surface area (Å²) in [6.45, 7) is 2.03. The molecule has 0 spiro atoms. The fraction of sp³-hybridized carbons (Fsp3) is 0.133. The molecule has 0 saturated heterocycles. The Hall–Kier alpha value is -2.54. The Balaban J connectivity index is 1.66. The monoisotopic (exact) mass is 316 g/mol. The van der Waals surface area contributed by atoms with Gasteiger partial charge in [0.25, 0.3) is 0 Å². The van der Waals surface area contributed by atoms with Crippen LogP contribution < -0.4 is 5.32 Å². The third-order valence-corrected chi connectivity index (χ3v) is 3.89. The first kappa shape index (κ1) is 14.4. The highest BCUT2D eigenvalue weighted by Gasteiger charge is 2.09. The molecule has 5 nitrogen and oxygen atoms in total. The molecule has 7 heteroatoms. The van der Waals surface area contributed by atoms with Gasteiger partial charge in [-0.25, -0.2) is 14.4 Å². The second kappa shape index (κ2) is 6.07. The molecule has 1 amide bonds. The fourth-order valence-electron chi connectivity index (χ4n) is 1.96. The minimum atomic E-state index is -0.387. The number of thiazole rings is 1. The molecule has 0 aliphatic carbocycles. The van der Waals surface area contributed by atoms with Gasteiger partial charge in [0, 0.05) is 23.0 Å². The normalized spacial score (nSPS) is 10.6. The van der Waals surface area contributed by atoms with Crippen LogP contribution in [0, 0.1) is 12.7 Å². The molecule has 0 atom stereocenters. The van der Waals surface area contributed by atoms with Crippen LogP contribution in [0.25, 0.3) is 10.7 Å². The Morgan fingerprint density at radius 2 is 2.32 bits per heavy atom. The molecule has 2 heterocycles. The molecule has 0 bridgehead atoms. The molecule has 0 aliphatic rings. The van der Waals surface area contributed by atoms with E-state index in [1.165, 1.54) is 23.5 Å². The van der Waals surface area contributed by atoms with Gasteiger partial charge in [-0.3, -0.25) is 4.79 Å². The van der Waals surface area contributed by atoms with Crippen molar-refractivity contribution in [2.24, 2.45) is 0 Å². The largest absolute Gasteiger partial charge is 0.327 e. The van der Waals surface area contributed by atoms with Crippen molar-refractivity contribution in [2.45, 2.75) is 13.5 Å². The molecule has 0 saturated carbocycles. The fourth-order valence-corrected chi connectivity index (χ4v) is 2.72. The van der Waals surface area contributed by atoms with E-state index in [-0.39, 0.29) is 18.3 Å². The molecule has 0 aliphatic heterocycles. The number of hydrogen-bond acceptors (Lipinski definition) is 4. The van der Waals surface area contributed by atoms with Crippen molar-refractivity contribution in [3.8, 4) is 10.7 Å². The van der Waals surface area contributed by atoms with Gasteiger partial charge in [-0.15, -0.1) is 11.3 Å². The number of anilines is 1. The van der Waals surface area contributed by atoms with Crippen LogP contribution in [0.4, 0.5) is 10.1 Å². The maximum atomic E-state index is 13.1. The zero-order valence-corrected chi connectivity index (χ0v) is 12.6. The second-order valence-electron chi connectivity index (χ2n) is 4.78. The topological polar surface area (TPSA) is 59.8 Å². The van der Waals surface area contributed by atoms with E-state index in [0.29, 0.717) is 5.69 Å². The Morgan fingerprint density at radius 3 is 3.05 bits per heavy atom. The van der Waals surface area contributed by atoms with E-state index in [4.69, 9.17) is 0 Å². The summed E-state index contributed by atoms with van der Waals surface area (Å²) in [5.41, 5.74) is 2.11. The standard InChI is InChI=1S/C15H13FN4OS/c1-10-8-22-15(18-10)13-6-20(9-17-13)7-14(21)19-12-4-2-3-11(16)5-12/h2-6,8-9H,7H2,1H3,(H,19,21). The van der Waals surface area contributed by atoms with Crippen molar-refractivity contribution in [3.05, 3.63) is 53.7 Å². The van der Waals surface area contributed by atoms with Crippen molar-refractivity contribution < 1.29 is 9.18 Å². The number of rotatable bonds is 4. The number of carbonyl (C=O) groups is 1. The molecule has 22 heavy (non-hydrogen) atoms. The first-order valence-electron chi connectivity index (χ1n) is 6.60. The Labute approximate surface area is 130 Å². The number of aryl methyl sites for hydroxylation is 1. The van der Waals surface area contributed by atoms with Gasteiger partial charge >= 0.3 is 0 Å². The minimum Gasteiger partial charge on any atom is -0.327 e. The van der Waals surface area contributed by atoms with Crippen LogP contribution in [0.5, 0.6) is 0 Å². The predicted octanol–water partition coefficient (Wildman–Crippen LogP) is 3.09. The summed E-state index contributed by atoms with van der Waals surface area (Å²) in [4.78, 5) is 20.5. The van der Waals surface area contributed by atoms with Crippen LogP contribution in [-0.4, -0.2) is 20.4 Å². The number of amides is 1. The van der Waals surface area contributed by atoms with Crippen molar-refractivity contribution >= 4 is 22.9 Å². The van der Waals surface area contributed by atoms with E-state index in [1.807, 2.05) is 12.3 Å². The van der Waals surface area contributed by atoms with Crippen molar-refractivity contribution in [1.82, 2.24) is 14.5 Å². The number of halogens is 1. The van der Waals surface area contributed by atoms with Crippen molar-refractivity contribution in [3.63, 3.8) is 0 Å². The van der Waals surface area contributed by atoms with E-state index in [2.05, 4.69) is 15.3 Å². The molecule has 0 radical (unpaired) electrons. The number of aromatic nitrogens is 3. The number of hydrogen-bond donors (Lipinski definition) is 1. The molecule has 2 aromatic heterocycles. The Kier molecular flexibility index (Phi) is 3.97. The van der Waals surface area contributed by atoms with Crippen LogP contribution in [0.3, 0.4) is 0 Å². The van der Waals surface area contributed by atoms with Gasteiger partial charge in [0.15, 0.2) is 0 Å². The van der Waals surface area contributed by atoms with E-state index in [1.54, 1.807) is 29.2 Å². The lowest BCUT2D eigenvalue weighted by molar-refractivity contribution is -0.116. The molecule has 0 fully saturated rings. The summed E-state index contributed by atoms with van der Waals surface area (Å²) >= 11 is 1.51. The van der Waals surface area contributed by atoms with Crippen LogP contribution >= 0.6 is 11.3 Å². The molecule has 3 rings (SSSR count). The van der Waals surface area contributed by atoms with E-state index < -0.39 is 0 Å². The highest BCUT2D eigenvalue weighted by molar-refractivity contribution is 7.13. The second-order valence-corrected chi connectivity index (χ2v) is 5.64. The van der Waals surface area contributed by atoms with Crippen LogP contribution in [-0.2, 0) is 11.3 Å². The quantitative estimate of drug-likeness (QED) is 0.804. The summed E-state index contributed by atoms with van der Waals surface area (Å²) in [5, 5.41) is 5.41. The van der Waals surface area contributed by atoms with Gasteiger partial charge in [0.1, 0.15) is 23.1 Å². The minimum absolute atomic E-state index is 0.105. The van der Waals surface area contributed by atoms with Gasteiger partial charge in [0.2, 0.25) is 5.91 Å². The van der Waals surface area contributed by atoms with Gasteiger partial charge in [-0.1, -0.05) is 6.07 Å². The highest BCUT2D eigenvalue weighted by Crippen LogP contribution is 2.21. The number of carbonyl (C=O) groups excluding carboxylic acids is 1. The number of nitrogens with zero attached hydrogens (tertiary/aromatic N) is 3. The number of nitrogens with one attached hydrogen (secondary N) is 1. The maximum absolute atomic E-state index is 13.1. The lowest BCUT2D eigenvalue weighted by Gasteiger charge is -2.05. The lowest BCUT2D eigenvalue weighted by Crippen LogP contribution is -2.17. The first-order chi connectivity index (χ1) is 10.6. The summed E-state index contributed by atoms with van der Waals surface area (Å²) in [5.74, 6) is -0.633. The Bertz CT molecular complexity index is 811. The lowest BCUT2D eigenvalue weighted by atomic mass is 10.3. The maximum Gasteiger partial charge on any atom is 0.244 e. The van der Waals surface area contributed by atoms with Gasteiger partial charge < -0.3 is 9.88 Å². The van der Waals surface area contributed by atoms with Gasteiger partial charge in [-0.05, 0) is 25.1 Å². The van der Waals surface area contributed by atoms with E-state index >= 15 is 0 Å². The summed E-state index contributed by atoms with van der Waals surface area (Å²) in [6.07, 6.45) is 3.35. The van der Waals surface area contributed by atoms with Crippen molar-refractivity contribution in [2.75, 3.05) is 5.32 Å². The number of benzene rings is 1. The van der Waals surface area contributed by atoms with E-state index in [0.717, 1.165) is 16.4 Å². The molecule has 1 N–H and O–H groups in total. The molecule has 1 aromatic carbocycles. The molecular weight excluding hydrogens is 303 g/mol. The SMILES string of the molecule is Cc1csc(-c2cn(CC(=O)Nc3cccc(F)c3)cn2)n1. The average molecular weight is 316 g/mol. The molecule has 3 aromatic rings. The van der Waals surface area contributed by atoms with E-state index in [9.17, 15) is 9.18 Å². The Morgan fingerprint density at radius 1 is 1.45 bits per heavy atom. The summed E-state index contributed by atoms with van der Waals surface area (Å²) in [6, 6.07) is 5.78. The molecular formula is C15H13FN4OS. The molecule has 0 unspecified atom stereocenters. The average Bonchev–Trinajstić information content (AvgIpc) is 3.07. The predicted molar refractivity (Wildman–Crippen MR) is 83.1 cm³/mol. The molecule has 112 valence electrons. The number of imidazole rings is 1. The van der Waals surface area contributed by atoms with Crippen LogP contribution in [0.1, 0.15) is 5.69 Å². The summed E-state index contributed by atoms with van der Waals surface area (Å²) < 4.78 is 14.7. The van der Waals surface area contributed by atoms with Crippen LogP contribution in [0.2, 0.25) is 0 Å². The third-order valence-electron chi connectivity index (χ3n) is 2.91. The highest BCUT2D eigenvalue weighted by atomic mass is 32.1. The van der Waals surface area contributed by atoms with Gasteiger partial charge in [-0.2, -0.15) is 0 Å². The van der Waals surface area contributed by atoms with Crippen LogP contribution in [0.15, 0.2) is 42.2 Å². The first-order valence-corrected chi connectivity index (χ1v) is 7.48. The summed E-state index contributed by atoms with van der Waals surface area (Å²) in [7, 11) is 0. The van der Waals surface area contributed by atoms with Gasteiger partial charge in [0.05, 0.1) is 6.33 Å². The third kappa shape index (κ3) is 3.37. The zero-order chi connectivity index (χ0) is 15.5. The van der Waals surface area contributed by atoms with Crippen molar-refractivity contribution in [1.29, 1.82) is 0 Å². The smallest absolute Gasteiger partial charge is 0.244 e.